The minimum Gasteiger partial charge on any atom is -0.396 e. The second kappa shape index (κ2) is 8.03. The van der Waals surface area contributed by atoms with E-state index in [0.717, 1.165) is 25.9 Å². The van der Waals surface area contributed by atoms with E-state index in [4.69, 9.17) is 0 Å². The number of hydrogen-bond acceptors (Lipinski definition) is 2. The fourth-order valence-electron chi connectivity index (χ4n) is 4.30. The molecule has 0 amide bonds. The smallest absolute Gasteiger partial charge is 0.0433 e. The van der Waals surface area contributed by atoms with Gasteiger partial charge in [0.25, 0.3) is 0 Å². The summed E-state index contributed by atoms with van der Waals surface area (Å²) in [4.78, 5) is 2.62. The van der Waals surface area contributed by atoms with E-state index in [1.165, 1.54) is 28.3 Å². The number of fused-ring (bicyclic) bond motifs is 1. The summed E-state index contributed by atoms with van der Waals surface area (Å²) in [6, 6.07) is 26.7. The maximum absolute atomic E-state index is 9.40. The predicted octanol–water partition coefficient (Wildman–Crippen LogP) is 5.18. The van der Waals surface area contributed by atoms with Crippen molar-refractivity contribution in [3.8, 4) is 0 Å². The van der Waals surface area contributed by atoms with E-state index in [0.29, 0.717) is 18.6 Å². The second-order valence-corrected chi connectivity index (χ2v) is 7.48. The summed E-state index contributed by atoms with van der Waals surface area (Å²) in [5.74, 6) is 0.614. The van der Waals surface area contributed by atoms with Gasteiger partial charge >= 0.3 is 0 Å². The van der Waals surface area contributed by atoms with Gasteiger partial charge in [0.1, 0.15) is 0 Å². The number of benzene rings is 3. The lowest BCUT2D eigenvalue weighted by Crippen LogP contribution is -2.36. The molecule has 0 aliphatic carbocycles. The first-order chi connectivity index (χ1) is 12.8. The molecule has 134 valence electrons. The van der Waals surface area contributed by atoms with Crippen LogP contribution in [0.15, 0.2) is 72.8 Å². The van der Waals surface area contributed by atoms with Crippen LogP contribution in [0.25, 0.3) is 10.8 Å². The highest BCUT2D eigenvalue weighted by atomic mass is 16.3. The zero-order valence-electron chi connectivity index (χ0n) is 15.2. The number of rotatable bonds is 5. The van der Waals surface area contributed by atoms with Crippen LogP contribution >= 0.6 is 0 Å². The molecule has 1 heterocycles. The van der Waals surface area contributed by atoms with Crippen molar-refractivity contribution in [1.82, 2.24) is 4.90 Å². The second-order valence-electron chi connectivity index (χ2n) is 7.48. The van der Waals surface area contributed by atoms with Gasteiger partial charge in [-0.2, -0.15) is 0 Å². The SMILES string of the molecule is OCCC1CCN(Cc2ccccc2)C(c2ccc3ccccc3c2)C1. The van der Waals surface area contributed by atoms with Crippen molar-refractivity contribution in [2.24, 2.45) is 5.92 Å². The van der Waals surface area contributed by atoms with Gasteiger partial charge in [0.15, 0.2) is 0 Å². The van der Waals surface area contributed by atoms with Gasteiger partial charge in [0.2, 0.25) is 0 Å². The Morgan fingerprint density at radius 1 is 0.885 bits per heavy atom. The van der Waals surface area contributed by atoms with Crippen molar-refractivity contribution in [1.29, 1.82) is 0 Å². The fourth-order valence-corrected chi connectivity index (χ4v) is 4.30. The van der Waals surface area contributed by atoms with Gasteiger partial charge in [-0.05, 0) is 59.7 Å². The Labute approximate surface area is 156 Å². The molecule has 2 unspecified atom stereocenters. The molecule has 0 aromatic heterocycles. The molecule has 3 aromatic rings. The molecule has 0 bridgehead atoms. The lowest BCUT2D eigenvalue weighted by molar-refractivity contribution is 0.0917. The van der Waals surface area contributed by atoms with E-state index < -0.39 is 0 Å². The molecule has 2 atom stereocenters. The molecule has 1 N–H and O–H groups in total. The van der Waals surface area contributed by atoms with Gasteiger partial charge in [0, 0.05) is 19.2 Å². The number of aliphatic hydroxyl groups excluding tert-OH is 1. The van der Waals surface area contributed by atoms with Crippen LogP contribution in [0.4, 0.5) is 0 Å². The Balaban J connectivity index is 1.63. The number of nitrogens with zero attached hydrogens (tertiary/aromatic N) is 1. The zero-order valence-corrected chi connectivity index (χ0v) is 15.2. The molecule has 3 aromatic carbocycles. The van der Waals surface area contributed by atoms with Gasteiger partial charge in [-0.25, -0.2) is 0 Å². The molecule has 0 radical (unpaired) electrons. The van der Waals surface area contributed by atoms with Crippen LogP contribution in [0.1, 0.15) is 36.4 Å². The van der Waals surface area contributed by atoms with Crippen LogP contribution in [0.5, 0.6) is 0 Å². The summed E-state index contributed by atoms with van der Waals surface area (Å²) in [7, 11) is 0. The van der Waals surface area contributed by atoms with Crippen LogP contribution in [0.2, 0.25) is 0 Å². The first kappa shape index (κ1) is 17.3. The van der Waals surface area contributed by atoms with Crippen molar-refractivity contribution in [3.05, 3.63) is 83.9 Å². The largest absolute Gasteiger partial charge is 0.396 e. The Bertz CT molecular complexity index is 845. The minimum atomic E-state index is 0.299. The Kier molecular flexibility index (Phi) is 5.33. The van der Waals surface area contributed by atoms with Gasteiger partial charge in [-0.3, -0.25) is 4.90 Å². The molecule has 2 heteroatoms. The van der Waals surface area contributed by atoms with Crippen molar-refractivity contribution in [2.45, 2.75) is 31.8 Å². The topological polar surface area (TPSA) is 23.5 Å². The molecule has 1 fully saturated rings. The van der Waals surface area contributed by atoms with E-state index in [9.17, 15) is 5.11 Å². The van der Waals surface area contributed by atoms with Crippen LogP contribution in [-0.4, -0.2) is 23.2 Å². The van der Waals surface area contributed by atoms with E-state index >= 15 is 0 Å². The Morgan fingerprint density at radius 3 is 2.46 bits per heavy atom. The first-order valence-electron chi connectivity index (χ1n) is 9.71. The summed E-state index contributed by atoms with van der Waals surface area (Å²) in [6.45, 7) is 2.38. The van der Waals surface area contributed by atoms with Gasteiger partial charge in [0.05, 0.1) is 0 Å². The maximum Gasteiger partial charge on any atom is 0.0433 e. The molecular weight excluding hydrogens is 318 g/mol. The summed E-state index contributed by atoms with van der Waals surface area (Å²) in [5.41, 5.74) is 2.78. The average molecular weight is 345 g/mol. The number of aliphatic hydroxyl groups is 1. The third-order valence-electron chi connectivity index (χ3n) is 5.75. The zero-order chi connectivity index (χ0) is 17.8. The molecular formula is C24H27NO. The minimum absolute atomic E-state index is 0.299. The molecule has 1 aliphatic heterocycles. The standard InChI is InChI=1S/C24H27NO/c26-15-13-19-12-14-25(18-20-6-2-1-3-7-20)24(16-19)23-11-10-21-8-4-5-9-22(21)17-23/h1-11,17,19,24,26H,12-16,18H2. The van der Waals surface area contributed by atoms with Crippen molar-refractivity contribution in [2.75, 3.05) is 13.2 Å². The number of piperidine rings is 1. The van der Waals surface area contributed by atoms with Gasteiger partial charge in [-0.15, -0.1) is 0 Å². The molecule has 1 aliphatic rings. The summed E-state index contributed by atoms with van der Waals surface area (Å²) in [6.07, 6.45) is 3.23. The third-order valence-corrected chi connectivity index (χ3v) is 5.75. The molecule has 26 heavy (non-hydrogen) atoms. The summed E-state index contributed by atoms with van der Waals surface area (Å²) >= 11 is 0. The lowest BCUT2D eigenvalue weighted by atomic mass is 9.84. The van der Waals surface area contributed by atoms with E-state index in [1.54, 1.807) is 0 Å². The number of likely N-dealkylation sites (tertiary alicyclic amines) is 1. The molecule has 0 saturated carbocycles. The summed E-state index contributed by atoms with van der Waals surface area (Å²) < 4.78 is 0. The quantitative estimate of drug-likeness (QED) is 0.689. The predicted molar refractivity (Wildman–Crippen MR) is 108 cm³/mol. The average Bonchev–Trinajstić information content (AvgIpc) is 2.70. The highest BCUT2D eigenvalue weighted by Crippen LogP contribution is 2.37. The maximum atomic E-state index is 9.40. The first-order valence-corrected chi connectivity index (χ1v) is 9.71. The number of hydrogen-bond donors (Lipinski definition) is 1. The normalized spacial score (nSPS) is 21.1. The highest BCUT2D eigenvalue weighted by Gasteiger charge is 2.29. The van der Waals surface area contributed by atoms with Gasteiger partial charge in [-0.1, -0.05) is 66.7 Å². The fraction of sp³-hybridized carbons (Fsp3) is 0.333. The van der Waals surface area contributed by atoms with Crippen LogP contribution in [0.3, 0.4) is 0 Å². The van der Waals surface area contributed by atoms with Crippen LogP contribution in [0, 0.1) is 5.92 Å². The van der Waals surface area contributed by atoms with Crippen molar-refractivity contribution in [3.63, 3.8) is 0 Å². The van der Waals surface area contributed by atoms with Crippen LogP contribution < -0.4 is 0 Å². The van der Waals surface area contributed by atoms with E-state index in [2.05, 4.69) is 77.7 Å². The molecule has 1 saturated heterocycles. The van der Waals surface area contributed by atoms with Crippen molar-refractivity contribution < 1.29 is 5.11 Å². The molecule has 0 spiro atoms. The molecule has 2 nitrogen and oxygen atoms in total. The molecule has 4 rings (SSSR count). The monoisotopic (exact) mass is 345 g/mol. The Hall–Kier alpha value is -2.16. The highest BCUT2D eigenvalue weighted by molar-refractivity contribution is 5.83. The summed E-state index contributed by atoms with van der Waals surface area (Å²) in [5, 5.41) is 12.0. The van der Waals surface area contributed by atoms with Crippen molar-refractivity contribution >= 4 is 10.8 Å². The van der Waals surface area contributed by atoms with Gasteiger partial charge < -0.3 is 5.11 Å². The third kappa shape index (κ3) is 3.82. The van der Waals surface area contributed by atoms with Crippen LogP contribution in [-0.2, 0) is 6.54 Å². The Morgan fingerprint density at radius 2 is 1.65 bits per heavy atom. The lowest BCUT2D eigenvalue weighted by Gasteiger charge is -2.40. The van der Waals surface area contributed by atoms with E-state index in [1.807, 2.05) is 0 Å². The van der Waals surface area contributed by atoms with E-state index in [-0.39, 0.29) is 0 Å².